The predicted molar refractivity (Wildman–Crippen MR) is 245 cm³/mol. The van der Waals surface area contributed by atoms with Crippen LogP contribution in [-0.2, 0) is 38.0 Å². The Labute approximate surface area is 366 Å². The molecule has 0 bridgehead atoms. The highest BCUT2D eigenvalue weighted by molar-refractivity contribution is 5.87. The van der Waals surface area contributed by atoms with Gasteiger partial charge in [-0.15, -0.1) is 0 Å². The Morgan fingerprint density at radius 1 is 0.467 bits per heavy atom. The van der Waals surface area contributed by atoms with Gasteiger partial charge < -0.3 is 42.6 Å². The quantitative estimate of drug-likeness (QED) is 0.0356. The van der Waals surface area contributed by atoms with Gasteiger partial charge >= 0.3 is 5.97 Å². The summed E-state index contributed by atoms with van der Waals surface area (Å²) in [5, 5.41) is 0. The first kappa shape index (κ1) is 55.8. The van der Waals surface area contributed by atoms with E-state index in [1.807, 2.05) is 18.2 Å². The van der Waals surface area contributed by atoms with E-state index in [1.54, 1.807) is 13.2 Å². The molecule has 350 valence electrons. The van der Waals surface area contributed by atoms with E-state index in [2.05, 4.69) is 23.5 Å². The summed E-state index contributed by atoms with van der Waals surface area (Å²) >= 11 is 0. The summed E-state index contributed by atoms with van der Waals surface area (Å²) in [7, 11) is 2.95. The van der Waals surface area contributed by atoms with Crippen molar-refractivity contribution in [2.24, 2.45) is 0 Å². The van der Waals surface area contributed by atoms with Crippen LogP contribution in [0.4, 0.5) is 0 Å². The van der Waals surface area contributed by atoms with E-state index in [-0.39, 0.29) is 0 Å². The molecule has 1 aromatic rings. The number of hydrogen-bond acceptors (Lipinski definition) is 11. The minimum Gasteiger partial charge on any atom is -0.493 e. The summed E-state index contributed by atoms with van der Waals surface area (Å²) in [6, 6.07) is 5.54. The summed E-state index contributed by atoms with van der Waals surface area (Å²) in [6.45, 7) is 14.5. The Morgan fingerprint density at radius 3 is 1.27 bits per heavy atom. The molecule has 0 aromatic heterocycles. The maximum Gasteiger partial charge on any atom is 0.330 e. The van der Waals surface area contributed by atoms with Crippen LogP contribution in [0, 0.1) is 0 Å². The zero-order valence-electron chi connectivity index (χ0n) is 38.9. The van der Waals surface area contributed by atoms with Gasteiger partial charge in [-0.25, -0.2) is 4.79 Å². The summed E-state index contributed by atoms with van der Waals surface area (Å²) in [6.07, 6.45) is 29.6. The highest BCUT2D eigenvalue weighted by atomic mass is 16.6. The summed E-state index contributed by atoms with van der Waals surface area (Å²) in [4.78, 5) is 13.8. The van der Waals surface area contributed by atoms with Crippen molar-refractivity contribution in [2.45, 2.75) is 142 Å². The van der Waals surface area contributed by atoms with Crippen LogP contribution in [0.5, 0.6) is 11.5 Å². The van der Waals surface area contributed by atoms with E-state index >= 15 is 0 Å². The first-order valence-corrected chi connectivity index (χ1v) is 23.9. The summed E-state index contributed by atoms with van der Waals surface area (Å²) < 4.78 is 51.1. The number of unbranched alkanes of at least 4 members (excludes halogenated alkanes) is 18. The smallest absolute Gasteiger partial charge is 0.330 e. The van der Waals surface area contributed by atoms with E-state index in [0.29, 0.717) is 90.7 Å². The van der Waals surface area contributed by atoms with Gasteiger partial charge in [-0.1, -0.05) is 135 Å². The van der Waals surface area contributed by atoms with Crippen molar-refractivity contribution in [1.29, 1.82) is 0 Å². The number of methoxy groups -OCH3 is 2. The average molecular weight is 852 g/mol. The molecule has 0 heterocycles. The fourth-order valence-electron chi connectivity index (χ4n) is 6.61. The molecule has 0 aliphatic rings. The van der Waals surface area contributed by atoms with Gasteiger partial charge in [-0.05, 0) is 36.6 Å². The first-order valence-electron chi connectivity index (χ1n) is 23.9. The van der Waals surface area contributed by atoms with Crippen LogP contribution in [0.1, 0.15) is 148 Å². The Hall–Kier alpha value is -2.25. The normalized spacial score (nSPS) is 11.6. The molecule has 0 saturated heterocycles. The number of hydrogen-bond donors (Lipinski definition) is 0. The molecule has 0 saturated carbocycles. The van der Waals surface area contributed by atoms with Gasteiger partial charge in [0.15, 0.2) is 11.5 Å². The van der Waals surface area contributed by atoms with E-state index < -0.39 is 5.97 Å². The predicted octanol–water partition coefficient (Wildman–Crippen LogP) is 10.5. The molecule has 1 rings (SSSR count). The van der Waals surface area contributed by atoms with Crippen LogP contribution < -0.4 is 9.47 Å². The minimum absolute atomic E-state index is 0.415. The number of carbonyl (C=O) groups excluding carboxylic acids is 1. The Bertz CT molecular complexity index is 1050. The monoisotopic (exact) mass is 852 g/mol. The Balaban J connectivity index is 2.25. The van der Waals surface area contributed by atoms with Crippen molar-refractivity contribution < 1.29 is 47.4 Å². The molecule has 0 spiro atoms. The lowest BCUT2D eigenvalue weighted by molar-refractivity contribution is -0.134. The van der Waals surface area contributed by atoms with Crippen LogP contribution in [0.3, 0.4) is 0 Å². The molecule has 0 amide bonds. The van der Waals surface area contributed by atoms with Gasteiger partial charge in [0.1, 0.15) is 6.61 Å². The topological polar surface area (TPSA) is 103 Å². The average Bonchev–Trinajstić information content (AvgIpc) is 3.27. The van der Waals surface area contributed by atoms with E-state index in [4.69, 9.17) is 37.9 Å². The first-order chi connectivity index (χ1) is 29.6. The molecule has 0 aliphatic heterocycles. The zero-order valence-corrected chi connectivity index (χ0v) is 38.9. The molecule has 0 unspecified atom stereocenters. The Morgan fingerprint density at radius 2 is 0.850 bits per heavy atom. The molecular formula is C49H89NO10. The molecule has 0 atom stereocenters. The second-order valence-corrected chi connectivity index (χ2v) is 15.5. The second-order valence-electron chi connectivity index (χ2n) is 15.5. The second kappa shape index (κ2) is 44.8. The number of esters is 1. The standard InChI is InChI=1S/C49H89NO10/c1-5-7-9-11-13-15-17-19-21-23-32-54-37-41-58-43-39-56-34-29-50(31-36-60-47-27-25-46(45-48(47)52-3)26-28-49(51)53-4)30-35-57-40-44-59-42-38-55-33-24-22-20-18-16-14-12-10-8-6-2/h25-28,45H,5-24,29-44H2,1-4H3/b28-26+. The number of rotatable bonds is 47. The summed E-state index contributed by atoms with van der Waals surface area (Å²) in [5.74, 6) is 0.810. The van der Waals surface area contributed by atoms with Crippen molar-refractivity contribution in [3.8, 4) is 11.5 Å². The maximum absolute atomic E-state index is 11.5. The lowest BCUT2D eigenvalue weighted by Gasteiger charge is -2.22. The number of benzene rings is 1. The molecule has 0 radical (unpaired) electrons. The van der Waals surface area contributed by atoms with E-state index in [1.165, 1.54) is 129 Å². The molecule has 0 aliphatic carbocycles. The number of carbonyl (C=O) groups is 1. The van der Waals surface area contributed by atoms with Crippen molar-refractivity contribution in [3.05, 3.63) is 29.8 Å². The molecule has 60 heavy (non-hydrogen) atoms. The van der Waals surface area contributed by atoms with Gasteiger partial charge in [0.2, 0.25) is 0 Å². The molecule has 1 aromatic carbocycles. The summed E-state index contributed by atoms with van der Waals surface area (Å²) in [5.41, 5.74) is 0.808. The van der Waals surface area contributed by atoms with Crippen LogP contribution in [0.25, 0.3) is 6.08 Å². The van der Waals surface area contributed by atoms with Crippen LogP contribution >= 0.6 is 0 Å². The van der Waals surface area contributed by atoms with E-state index in [9.17, 15) is 4.79 Å². The lowest BCUT2D eigenvalue weighted by Crippen LogP contribution is -2.35. The maximum atomic E-state index is 11.5. The Kier molecular flexibility index (Phi) is 41.6. The number of nitrogens with zero attached hydrogens (tertiary/aromatic N) is 1. The van der Waals surface area contributed by atoms with Gasteiger partial charge in [-0.3, -0.25) is 4.90 Å². The third kappa shape index (κ3) is 36.4. The van der Waals surface area contributed by atoms with Gasteiger partial charge in [-0.2, -0.15) is 0 Å². The highest BCUT2D eigenvalue weighted by Crippen LogP contribution is 2.28. The fraction of sp³-hybridized carbons (Fsp3) is 0.816. The molecule has 11 nitrogen and oxygen atoms in total. The zero-order chi connectivity index (χ0) is 43.2. The van der Waals surface area contributed by atoms with Crippen LogP contribution in [0.2, 0.25) is 0 Å². The third-order valence-electron chi connectivity index (χ3n) is 10.3. The third-order valence-corrected chi connectivity index (χ3v) is 10.3. The van der Waals surface area contributed by atoms with Gasteiger partial charge in [0, 0.05) is 38.9 Å². The van der Waals surface area contributed by atoms with Crippen molar-refractivity contribution in [1.82, 2.24) is 4.90 Å². The molecule has 11 heteroatoms. The van der Waals surface area contributed by atoms with Crippen LogP contribution in [0.15, 0.2) is 24.3 Å². The van der Waals surface area contributed by atoms with E-state index in [0.717, 1.165) is 44.7 Å². The van der Waals surface area contributed by atoms with Crippen molar-refractivity contribution >= 4 is 12.0 Å². The van der Waals surface area contributed by atoms with Gasteiger partial charge in [0.05, 0.1) is 80.3 Å². The molecule has 0 N–H and O–H groups in total. The molecule has 0 fully saturated rings. The molecular weight excluding hydrogens is 763 g/mol. The minimum atomic E-state index is -0.415. The largest absolute Gasteiger partial charge is 0.493 e. The van der Waals surface area contributed by atoms with Crippen LogP contribution in [-0.4, -0.2) is 131 Å². The number of ether oxygens (including phenoxy) is 9. The highest BCUT2D eigenvalue weighted by Gasteiger charge is 2.09. The van der Waals surface area contributed by atoms with Crippen molar-refractivity contribution in [2.75, 3.05) is 120 Å². The lowest BCUT2D eigenvalue weighted by atomic mass is 10.1. The van der Waals surface area contributed by atoms with Gasteiger partial charge in [0.25, 0.3) is 0 Å². The SMILES string of the molecule is CCCCCCCCCCCCOCCOCCOCCN(CCOCCOCCOCCCCCCCCCCCC)CCOc1ccc(/C=C/C(=O)OC)cc1OC. The van der Waals surface area contributed by atoms with Crippen molar-refractivity contribution in [3.63, 3.8) is 0 Å². The fourth-order valence-corrected chi connectivity index (χ4v) is 6.61.